The van der Waals surface area contributed by atoms with Gasteiger partial charge in [0, 0.05) is 38.8 Å². The lowest BCUT2D eigenvalue weighted by molar-refractivity contribution is -0.0605. The number of nitrogens with zero attached hydrogens (tertiary/aromatic N) is 1. The molecule has 0 saturated carbocycles. The van der Waals surface area contributed by atoms with E-state index in [0.717, 1.165) is 6.20 Å². The number of ether oxygens (including phenoxy) is 1. The van der Waals surface area contributed by atoms with Crippen LogP contribution in [0.4, 0.5) is 4.39 Å². The molecule has 1 fully saturated rings. The van der Waals surface area contributed by atoms with E-state index in [1.54, 1.807) is 0 Å². The number of aliphatic hydroxyl groups is 1. The molecule has 1 aliphatic heterocycles. The van der Waals surface area contributed by atoms with Crippen molar-refractivity contribution in [3.8, 4) is 0 Å². The third-order valence-corrected chi connectivity index (χ3v) is 3.02. The molecule has 0 unspecified atom stereocenters. The molecule has 0 radical (unpaired) electrons. The molecule has 2 heterocycles. The van der Waals surface area contributed by atoms with Crippen molar-refractivity contribution in [2.75, 3.05) is 19.8 Å². The molecule has 1 saturated heterocycles. The second-order valence-corrected chi connectivity index (χ2v) is 4.37. The van der Waals surface area contributed by atoms with E-state index in [4.69, 9.17) is 4.74 Å². The first-order valence-corrected chi connectivity index (χ1v) is 5.79. The number of hydrogen-bond acceptors (Lipinski definition) is 4. The van der Waals surface area contributed by atoms with Crippen molar-refractivity contribution in [2.45, 2.75) is 18.4 Å². The molecule has 18 heavy (non-hydrogen) atoms. The molecule has 1 aromatic heterocycles. The lowest BCUT2D eigenvalue weighted by Crippen LogP contribution is -2.46. The number of nitrogens with one attached hydrogen (secondary N) is 1. The minimum Gasteiger partial charge on any atom is -0.388 e. The van der Waals surface area contributed by atoms with E-state index < -0.39 is 17.3 Å². The van der Waals surface area contributed by atoms with Gasteiger partial charge >= 0.3 is 0 Å². The van der Waals surface area contributed by atoms with Crippen LogP contribution in [0.25, 0.3) is 0 Å². The number of carbonyl (C=O) groups excluding carboxylic acids is 1. The second-order valence-electron chi connectivity index (χ2n) is 4.37. The van der Waals surface area contributed by atoms with Gasteiger partial charge in [0.25, 0.3) is 5.91 Å². The summed E-state index contributed by atoms with van der Waals surface area (Å²) in [6.07, 6.45) is 3.26. The van der Waals surface area contributed by atoms with Gasteiger partial charge in [-0.05, 0) is 6.07 Å². The highest BCUT2D eigenvalue weighted by molar-refractivity contribution is 5.94. The van der Waals surface area contributed by atoms with E-state index in [0.29, 0.717) is 26.1 Å². The van der Waals surface area contributed by atoms with Crippen molar-refractivity contribution < 1.29 is 19.0 Å². The number of carbonyl (C=O) groups is 1. The number of halogens is 1. The normalized spacial score (nSPS) is 18.3. The van der Waals surface area contributed by atoms with Crippen molar-refractivity contribution >= 4 is 5.91 Å². The third-order valence-electron chi connectivity index (χ3n) is 3.02. The zero-order chi connectivity index (χ0) is 13.0. The Morgan fingerprint density at radius 3 is 2.94 bits per heavy atom. The Balaban J connectivity index is 1.94. The Hall–Kier alpha value is -1.53. The number of amides is 1. The Kier molecular flexibility index (Phi) is 3.88. The van der Waals surface area contributed by atoms with Gasteiger partial charge in [0.1, 0.15) is 0 Å². The summed E-state index contributed by atoms with van der Waals surface area (Å²) in [7, 11) is 0. The van der Waals surface area contributed by atoms with Gasteiger partial charge < -0.3 is 15.2 Å². The first-order valence-electron chi connectivity index (χ1n) is 5.79. The zero-order valence-corrected chi connectivity index (χ0v) is 9.86. The Labute approximate surface area is 104 Å². The van der Waals surface area contributed by atoms with Gasteiger partial charge in [-0.1, -0.05) is 0 Å². The minimum absolute atomic E-state index is 0.0688. The summed E-state index contributed by atoms with van der Waals surface area (Å²) in [5.74, 6) is -1.22. The SMILES string of the molecule is O=C(NCC1(O)CCOCC1)c1ccncc1F. The van der Waals surface area contributed by atoms with Gasteiger partial charge in [-0.15, -0.1) is 0 Å². The third kappa shape index (κ3) is 3.02. The number of pyridine rings is 1. The van der Waals surface area contributed by atoms with Crippen LogP contribution in [0.2, 0.25) is 0 Å². The Morgan fingerprint density at radius 2 is 2.28 bits per heavy atom. The Bertz CT molecular complexity index is 433. The highest BCUT2D eigenvalue weighted by Gasteiger charge is 2.30. The maximum atomic E-state index is 13.3. The molecule has 2 N–H and O–H groups in total. The van der Waals surface area contributed by atoms with Gasteiger partial charge in [-0.3, -0.25) is 9.78 Å². The lowest BCUT2D eigenvalue weighted by Gasteiger charge is -2.32. The average molecular weight is 254 g/mol. The average Bonchev–Trinajstić information content (AvgIpc) is 2.38. The standard InChI is InChI=1S/C12H15FN2O3/c13-10-7-14-4-1-9(10)11(16)15-8-12(17)2-5-18-6-3-12/h1,4,7,17H,2-3,5-6,8H2,(H,15,16). The highest BCUT2D eigenvalue weighted by atomic mass is 19.1. The van der Waals surface area contributed by atoms with E-state index in [-0.39, 0.29) is 12.1 Å². The predicted molar refractivity (Wildman–Crippen MR) is 61.5 cm³/mol. The van der Waals surface area contributed by atoms with Crippen LogP contribution in [0, 0.1) is 5.82 Å². The number of aromatic nitrogens is 1. The van der Waals surface area contributed by atoms with E-state index in [1.165, 1.54) is 12.3 Å². The quantitative estimate of drug-likeness (QED) is 0.823. The number of hydrogen-bond donors (Lipinski definition) is 2. The molecule has 0 aromatic carbocycles. The summed E-state index contributed by atoms with van der Waals surface area (Å²) in [5.41, 5.74) is -1.03. The van der Waals surface area contributed by atoms with Gasteiger partial charge in [0.15, 0.2) is 5.82 Å². The largest absolute Gasteiger partial charge is 0.388 e. The fraction of sp³-hybridized carbons (Fsp3) is 0.500. The molecule has 0 atom stereocenters. The highest BCUT2D eigenvalue weighted by Crippen LogP contribution is 2.19. The van der Waals surface area contributed by atoms with E-state index in [1.807, 2.05) is 0 Å². The first kappa shape index (κ1) is 12.9. The first-order chi connectivity index (χ1) is 8.61. The topological polar surface area (TPSA) is 71.5 Å². The van der Waals surface area contributed by atoms with Gasteiger partial charge in [0.2, 0.25) is 0 Å². The van der Waals surface area contributed by atoms with E-state index >= 15 is 0 Å². The zero-order valence-electron chi connectivity index (χ0n) is 9.86. The minimum atomic E-state index is -0.961. The summed E-state index contributed by atoms with van der Waals surface area (Å²) in [6.45, 7) is 1.03. The fourth-order valence-electron chi connectivity index (χ4n) is 1.83. The maximum Gasteiger partial charge on any atom is 0.254 e. The molecule has 6 heteroatoms. The molecule has 1 aliphatic rings. The predicted octanol–water partition coefficient (Wildman–Crippen LogP) is 0.492. The van der Waals surface area contributed by atoms with Crippen molar-refractivity contribution in [3.05, 3.63) is 29.8 Å². The molecule has 5 nitrogen and oxygen atoms in total. The van der Waals surface area contributed by atoms with Gasteiger partial charge in [-0.25, -0.2) is 4.39 Å². The molecule has 0 bridgehead atoms. The van der Waals surface area contributed by atoms with Gasteiger partial charge in [-0.2, -0.15) is 0 Å². The van der Waals surface area contributed by atoms with Crippen LogP contribution in [-0.4, -0.2) is 41.4 Å². The summed E-state index contributed by atoms with van der Waals surface area (Å²) in [5, 5.41) is 12.7. The fourth-order valence-corrected chi connectivity index (χ4v) is 1.83. The van der Waals surface area contributed by atoms with E-state index in [2.05, 4.69) is 10.3 Å². The van der Waals surface area contributed by atoms with Crippen LogP contribution >= 0.6 is 0 Å². The number of rotatable bonds is 3. The molecule has 1 amide bonds. The molecule has 0 aliphatic carbocycles. The summed E-state index contributed by atoms with van der Waals surface area (Å²) in [4.78, 5) is 15.3. The van der Waals surface area contributed by atoms with Crippen molar-refractivity contribution in [1.29, 1.82) is 0 Å². The smallest absolute Gasteiger partial charge is 0.254 e. The van der Waals surface area contributed by atoms with Crippen LogP contribution in [0.1, 0.15) is 23.2 Å². The molecule has 98 valence electrons. The van der Waals surface area contributed by atoms with Crippen LogP contribution < -0.4 is 5.32 Å². The van der Waals surface area contributed by atoms with Crippen LogP contribution in [0.3, 0.4) is 0 Å². The van der Waals surface area contributed by atoms with Crippen LogP contribution in [0.15, 0.2) is 18.5 Å². The van der Waals surface area contributed by atoms with Crippen molar-refractivity contribution in [1.82, 2.24) is 10.3 Å². The van der Waals surface area contributed by atoms with Crippen molar-refractivity contribution in [2.24, 2.45) is 0 Å². The monoisotopic (exact) mass is 254 g/mol. The molecule has 1 aromatic rings. The lowest BCUT2D eigenvalue weighted by atomic mass is 9.94. The van der Waals surface area contributed by atoms with E-state index in [9.17, 15) is 14.3 Å². The second kappa shape index (κ2) is 5.41. The van der Waals surface area contributed by atoms with Crippen molar-refractivity contribution in [3.63, 3.8) is 0 Å². The van der Waals surface area contributed by atoms with Gasteiger partial charge in [0.05, 0.1) is 17.4 Å². The van der Waals surface area contributed by atoms with Crippen LogP contribution in [-0.2, 0) is 4.74 Å². The maximum absolute atomic E-state index is 13.3. The molecular weight excluding hydrogens is 239 g/mol. The summed E-state index contributed by atoms with van der Waals surface area (Å²) in [6, 6.07) is 1.30. The summed E-state index contributed by atoms with van der Waals surface area (Å²) >= 11 is 0. The molecule has 2 rings (SSSR count). The molecule has 0 spiro atoms. The summed E-state index contributed by atoms with van der Waals surface area (Å²) < 4.78 is 18.4. The Morgan fingerprint density at radius 1 is 1.56 bits per heavy atom. The van der Waals surface area contributed by atoms with Crippen LogP contribution in [0.5, 0.6) is 0 Å². The molecular formula is C12H15FN2O3.